The van der Waals surface area contributed by atoms with Gasteiger partial charge in [-0.1, -0.05) is 24.3 Å². The molecule has 0 unspecified atom stereocenters. The van der Waals surface area contributed by atoms with Gasteiger partial charge in [-0.3, -0.25) is 9.78 Å². The van der Waals surface area contributed by atoms with Crippen molar-refractivity contribution in [3.63, 3.8) is 0 Å². The van der Waals surface area contributed by atoms with Crippen LogP contribution >= 0.6 is 11.8 Å². The van der Waals surface area contributed by atoms with Crippen molar-refractivity contribution >= 4 is 34.3 Å². The number of hydrogen-bond donors (Lipinski definition) is 1. The number of aromatic nitrogens is 1. The van der Waals surface area contributed by atoms with Gasteiger partial charge in [0.1, 0.15) is 17.3 Å². The summed E-state index contributed by atoms with van der Waals surface area (Å²) in [6.45, 7) is 0. The highest BCUT2D eigenvalue weighted by Gasteiger charge is 2.12. The Morgan fingerprint density at radius 3 is 2.52 bits per heavy atom. The van der Waals surface area contributed by atoms with Crippen LogP contribution in [-0.2, 0) is 4.79 Å². The van der Waals surface area contributed by atoms with Gasteiger partial charge in [0.25, 0.3) is 0 Å². The van der Waals surface area contributed by atoms with E-state index >= 15 is 0 Å². The minimum Gasteiger partial charge on any atom is -0.320 e. The number of hydrogen-bond acceptors (Lipinski definition) is 3. The first-order chi connectivity index (χ1) is 11.1. The summed E-state index contributed by atoms with van der Waals surface area (Å²) in [5.41, 5.74) is 0.374. The molecule has 0 spiro atoms. The number of nitrogens with one attached hydrogen (secondary N) is 1. The molecule has 0 aliphatic carbocycles. The van der Waals surface area contributed by atoms with E-state index in [1.807, 2.05) is 30.3 Å². The fourth-order valence-electron chi connectivity index (χ4n) is 2.13. The number of benzene rings is 2. The lowest BCUT2D eigenvalue weighted by molar-refractivity contribution is -0.113. The Labute approximate surface area is 135 Å². The van der Waals surface area contributed by atoms with E-state index in [1.54, 1.807) is 6.20 Å². The lowest BCUT2D eigenvalue weighted by Crippen LogP contribution is -2.16. The molecule has 0 bridgehead atoms. The van der Waals surface area contributed by atoms with E-state index in [2.05, 4.69) is 10.3 Å². The largest absolute Gasteiger partial charge is 0.320 e. The second-order valence-electron chi connectivity index (χ2n) is 4.76. The van der Waals surface area contributed by atoms with Crippen molar-refractivity contribution in [2.45, 2.75) is 4.90 Å². The summed E-state index contributed by atoms with van der Waals surface area (Å²) in [4.78, 5) is 17.1. The third-order valence-corrected chi connectivity index (χ3v) is 4.23. The molecule has 0 saturated heterocycles. The maximum absolute atomic E-state index is 13.5. The van der Waals surface area contributed by atoms with E-state index in [0.29, 0.717) is 0 Å². The van der Waals surface area contributed by atoms with E-state index in [4.69, 9.17) is 0 Å². The third-order valence-electron chi connectivity index (χ3n) is 3.18. The van der Waals surface area contributed by atoms with Crippen LogP contribution in [0.1, 0.15) is 0 Å². The van der Waals surface area contributed by atoms with Crippen molar-refractivity contribution in [3.05, 3.63) is 66.4 Å². The summed E-state index contributed by atoms with van der Waals surface area (Å²) in [5.74, 6) is -2.04. The molecule has 1 heterocycles. The summed E-state index contributed by atoms with van der Waals surface area (Å²) < 4.78 is 27.0. The first kappa shape index (κ1) is 15.4. The zero-order valence-electron chi connectivity index (χ0n) is 11.9. The SMILES string of the molecule is O=C(CSc1cccc2cccnc12)Nc1c(F)cccc1F. The molecule has 0 atom stereocenters. The molecular formula is C17H12F2N2OS. The van der Waals surface area contributed by atoms with E-state index in [1.165, 1.54) is 17.8 Å². The van der Waals surface area contributed by atoms with E-state index in [0.717, 1.165) is 27.9 Å². The number of thioether (sulfide) groups is 1. The molecule has 0 saturated carbocycles. The number of nitrogens with zero attached hydrogens (tertiary/aromatic N) is 1. The number of para-hydroxylation sites is 2. The number of carbonyl (C=O) groups is 1. The standard InChI is InChI=1S/C17H12F2N2OS/c18-12-6-2-7-13(19)17(12)21-15(22)10-23-14-8-1-4-11-5-3-9-20-16(11)14/h1-9H,10H2,(H,21,22). The van der Waals surface area contributed by atoms with Crippen LogP contribution in [0.15, 0.2) is 59.6 Å². The van der Waals surface area contributed by atoms with Crippen molar-refractivity contribution in [2.24, 2.45) is 0 Å². The average Bonchev–Trinajstić information content (AvgIpc) is 2.56. The van der Waals surface area contributed by atoms with Crippen LogP contribution in [-0.4, -0.2) is 16.6 Å². The number of rotatable bonds is 4. The maximum Gasteiger partial charge on any atom is 0.234 e. The number of anilines is 1. The molecule has 1 aromatic heterocycles. The Morgan fingerprint density at radius 2 is 1.74 bits per heavy atom. The zero-order valence-corrected chi connectivity index (χ0v) is 12.7. The highest BCUT2D eigenvalue weighted by Crippen LogP contribution is 2.26. The first-order valence-corrected chi connectivity index (χ1v) is 7.84. The highest BCUT2D eigenvalue weighted by atomic mass is 32.2. The van der Waals surface area contributed by atoms with Crippen LogP contribution < -0.4 is 5.32 Å². The van der Waals surface area contributed by atoms with Crippen LogP contribution in [0.5, 0.6) is 0 Å². The van der Waals surface area contributed by atoms with Gasteiger partial charge in [-0.05, 0) is 24.3 Å². The van der Waals surface area contributed by atoms with Crippen LogP contribution in [0.4, 0.5) is 14.5 Å². The highest BCUT2D eigenvalue weighted by molar-refractivity contribution is 8.00. The molecule has 3 nitrogen and oxygen atoms in total. The van der Waals surface area contributed by atoms with Crippen molar-refractivity contribution in [1.82, 2.24) is 4.98 Å². The summed E-state index contributed by atoms with van der Waals surface area (Å²) >= 11 is 1.27. The molecule has 0 aliphatic rings. The van der Waals surface area contributed by atoms with Gasteiger partial charge in [0.15, 0.2) is 0 Å². The molecule has 2 aromatic carbocycles. The van der Waals surface area contributed by atoms with Gasteiger partial charge in [0.2, 0.25) is 5.91 Å². The summed E-state index contributed by atoms with van der Waals surface area (Å²) in [6.07, 6.45) is 1.68. The molecule has 6 heteroatoms. The smallest absolute Gasteiger partial charge is 0.234 e. The average molecular weight is 330 g/mol. The van der Waals surface area contributed by atoms with Crippen LogP contribution in [0.3, 0.4) is 0 Å². The Bertz CT molecular complexity index is 845. The molecule has 0 radical (unpaired) electrons. The van der Waals surface area contributed by atoms with Crippen molar-refractivity contribution in [3.8, 4) is 0 Å². The predicted octanol–water partition coefficient (Wildman–Crippen LogP) is 4.24. The van der Waals surface area contributed by atoms with Crippen molar-refractivity contribution < 1.29 is 13.6 Å². The minimum absolute atomic E-state index is 0.0312. The van der Waals surface area contributed by atoms with Gasteiger partial charge < -0.3 is 5.32 Å². The molecule has 3 aromatic rings. The summed E-state index contributed by atoms with van der Waals surface area (Å²) in [5, 5.41) is 3.24. The Kier molecular flexibility index (Phi) is 4.52. The minimum atomic E-state index is -0.796. The zero-order chi connectivity index (χ0) is 16.2. The fraction of sp³-hybridized carbons (Fsp3) is 0.0588. The molecule has 1 amide bonds. The predicted molar refractivity (Wildman–Crippen MR) is 87.5 cm³/mol. The first-order valence-electron chi connectivity index (χ1n) is 6.85. The van der Waals surface area contributed by atoms with E-state index in [9.17, 15) is 13.6 Å². The molecule has 116 valence electrons. The van der Waals surface area contributed by atoms with Gasteiger partial charge in [-0.25, -0.2) is 8.78 Å². The molecule has 0 fully saturated rings. The molecule has 23 heavy (non-hydrogen) atoms. The maximum atomic E-state index is 13.5. The molecule has 1 N–H and O–H groups in total. The van der Waals surface area contributed by atoms with Gasteiger partial charge in [0.05, 0.1) is 11.3 Å². The van der Waals surface area contributed by atoms with Crippen molar-refractivity contribution in [2.75, 3.05) is 11.1 Å². The lowest BCUT2D eigenvalue weighted by atomic mass is 10.2. The quantitative estimate of drug-likeness (QED) is 0.727. The topological polar surface area (TPSA) is 42.0 Å². The van der Waals surface area contributed by atoms with Gasteiger partial charge in [-0.15, -0.1) is 11.8 Å². The third kappa shape index (κ3) is 3.48. The second kappa shape index (κ2) is 6.75. The molecular weight excluding hydrogens is 318 g/mol. The van der Waals surface area contributed by atoms with Gasteiger partial charge in [-0.2, -0.15) is 0 Å². The van der Waals surface area contributed by atoms with Crippen LogP contribution in [0, 0.1) is 11.6 Å². The van der Waals surface area contributed by atoms with E-state index in [-0.39, 0.29) is 5.75 Å². The number of carbonyl (C=O) groups excluding carboxylic acids is 1. The van der Waals surface area contributed by atoms with Crippen LogP contribution in [0.25, 0.3) is 10.9 Å². The normalized spacial score (nSPS) is 10.7. The van der Waals surface area contributed by atoms with Crippen molar-refractivity contribution in [1.29, 1.82) is 0 Å². The van der Waals surface area contributed by atoms with Gasteiger partial charge >= 0.3 is 0 Å². The number of halogens is 2. The van der Waals surface area contributed by atoms with E-state index < -0.39 is 23.2 Å². The molecule has 3 rings (SSSR count). The Hall–Kier alpha value is -2.47. The number of pyridine rings is 1. The molecule has 0 aliphatic heterocycles. The fourth-order valence-corrected chi connectivity index (χ4v) is 2.97. The number of amides is 1. The second-order valence-corrected chi connectivity index (χ2v) is 5.78. The van der Waals surface area contributed by atoms with Crippen LogP contribution in [0.2, 0.25) is 0 Å². The number of fused-ring (bicyclic) bond motifs is 1. The Balaban J connectivity index is 1.71. The summed E-state index contributed by atoms with van der Waals surface area (Å²) in [6, 6.07) is 12.9. The Morgan fingerprint density at radius 1 is 1.04 bits per heavy atom. The monoisotopic (exact) mass is 330 g/mol. The lowest BCUT2D eigenvalue weighted by Gasteiger charge is -2.08. The summed E-state index contributed by atoms with van der Waals surface area (Å²) in [7, 11) is 0. The van der Waals surface area contributed by atoms with Gasteiger partial charge in [0, 0.05) is 16.5 Å².